The number of carbonyl (C=O) groups excluding carboxylic acids is 1. The predicted octanol–water partition coefficient (Wildman–Crippen LogP) is 4.86. The summed E-state index contributed by atoms with van der Waals surface area (Å²) in [5, 5.41) is 0.796. The third kappa shape index (κ3) is 5.83. The zero-order valence-corrected chi connectivity index (χ0v) is 17.7. The molecule has 1 aliphatic rings. The number of rotatable bonds is 7. The average molecular weight is 399 g/mol. The molecule has 3 nitrogen and oxygen atoms in total. The normalized spacial score (nSPS) is 16.7. The van der Waals surface area contributed by atoms with E-state index in [0.29, 0.717) is 5.92 Å². The van der Waals surface area contributed by atoms with Crippen molar-refractivity contribution in [2.45, 2.75) is 32.1 Å². The fraction of sp³-hybridized carbons (Fsp3) is 0.458. The molecule has 150 valence electrons. The summed E-state index contributed by atoms with van der Waals surface area (Å²) in [6.45, 7) is 6.20. The second-order valence-electron chi connectivity index (χ2n) is 8.01. The van der Waals surface area contributed by atoms with Gasteiger partial charge in [-0.15, -0.1) is 0 Å². The Morgan fingerprint density at radius 2 is 1.75 bits per heavy atom. The van der Waals surface area contributed by atoms with Gasteiger partial charge in [-0.05, 0) is 68.5 Å². The van der Waals surface area contributed by atoms with Gasteiger partial charge >= 0.3 is 0 Å². The van der Waals surface area contributed by atoms with Crippen LogP contribution >= 0.6 is 11.6 Å². The molecule has 0 saturated carbocycles. The number of likely N-dealkylation sites (tertiary alicyclic amines) is 1. The van der Waals surface area contributed by atoms with Crippen molar-refractivity contribution < 1.29 is 4.79 Å². The summed E-state index contributed by atoms with van der Waals surface area (Å²) in [5.74, 6) is 0.741. The van der Waals surface area contributed by atoms with Crippen LogP contribution in [0.5, 0.6) is 0 Å². The maximum atomic E-state index is 12.8. The molecular formula is C24H31ClN2O. The van der Waals surface area contributed by atoms with Crippen LogP contribution in [-0.2, 0) is 11.2 Å². The third-order valence-electron chi connectivity index (χ3n) is 5.92. The van der Waals surface area contributed by atoms with Gasteiger partial charge in [0, 0.05) is 25.2 Å². The molecule has 0 radical (unpaired) electrons. The van der Waals surface area contributed by atoms with Crippen molar-refractivity contribution in [3.05, 3.63) is 70.7 Å². The number of nitrogens with zero attached hydrogens (tertiary/aromatic N) is 2. The van der Waals surface area contributed by atoms with Gasteiger partial charge in [-0.2, -0.15) is 0 Å². The van der Waals surface area contributed by atoms with Crippen LogP contribution in [0.1, 0.15) is 36.8 Å². The molecule has 0 spiro atoms. The summed E-state index contributed by atoms with van der Waals surface area (Å²) >= 11 is 5.96. The van der Waals surface area contributed by atoms with E-state index < -0.39 is 0 Å². The number of hydrogen-bond acceptors (Lipinski definition) is 2. The van der Waals surface area contributed by atoms with E-state index in [4.69, 9.17) is 11.6 Å². The Hall–Kier alpha value is -1.84. The zero-order valence-electron chi connectivity index (χ0n) is 17.0. The lowest BCUT2D eigenvalue weighted by atomic mass is 9.94. The molecule has 1 aliphatic heterocycles. The zero-order chi connectivity index (χ0) is 19.9. The lowest BCUT2D eigenvalue weighted by Gasteiger charge is -2.34. The standard InChI is InChI=1S/C24H31ClN2O/c1-19(22-6-4-3-5-7-22)24(28)26(2)18-21-13-16-27(17-14-21)15-12-20-8-10-23(25)11-9-20/h3-11,19,21H,12-18H2,1-2H3/t19-/m0/s1. The molecule has 0 unspecified atom stereocenters. The van der Waals surface area contributed by atoms with Gasteiger partial charge in [0.15, 0.2) is 0 Å². The summed E-state index contributed by atoms with van der Waals surface area (Å²) in [4.78, 5) is 17.2. The highest BCUT2D eigenvalue weighted by Gasteiger charge is 2.24. The van der Waals surface area contributed by atoms with Crippen LogP contribution in [-0.4, -0.2) is 48.9 Å². The maximum absolute atomic E-state index is 12.8. The van der Waals surface area contributed by atoms with E-state index in [2.05, 4.69) is 17.0 Å². The van der Waals surface area contributed by atoms with Gasteiger partial charge in [-0.3, -0.25) is 4.79 Å². The van der Waals surface area contributed by atoms with Crippen molar-refractivity contribution in [1.82, 2.24) is 9.80 Å². The monoisotopic (exact) mass is 398 g/mol. The second kappa shape index (κ2) is 10.1. The predicted molar refractivity (Wildman–Crippen MR) is 117 cm³/mol. The Morgan fingerprint density at radius 1 is 1.11 bits per heavy atom. The molecule has 2 aromatic rings. The van der Waals surface area contributed by atoms with E-state index in [1.807, 2.05) is 61.3 Å². The number of piperidine rings is 1. The third-order valence-corrected chi connectivity index (χ3v) is 6.17. The highest BCUT2D eigenvalue weighted by Crippen LogP contribution is 2.22. The molecule has 2 aromatic carbocycles. The van der Waals surface area contributed by atoms with Crippen LogP contribution in [0.4, 0.5) is 0 Å². The first-order chi connectivity index (χ1) is 13.5. The van der Waals surface area contributed by atoms with Crippen LogP contribution in [0.2, 0.25) is 5.02 Å². The largest absolute Gasteiger partial charge is 0.345 e. The van der Waals surface area contributed by atoms with Crippen molar-refractivity contribution in [2.75, 3.05) is 33.2 Å². The molecule has 0 aromatic heterocycles. The maximum Gasteiger partial charge on any atom is 0.229 e. The molecule has 3 rings (SSSR count). The molecule has 1 atom stereocenters. The first kappa shape index (κ1) is 20.9. The van der Waals surface area contributed by atoms with E-state index in [0.717, 1.165) is 56.0 Å². The van der Waals surface area contributed by atoms with Crippen LogP contribution < -0.4 is 0 Å². The van der Waals surface area contributed by atoms with Gasteiger partial charge in [0.05, 0.1) is 5.92 Å². The lowest BCUT2D eigenvalue weighted by Crippen LogP contribution is -2.41. The Labute approximate surface area is 174 Å². The second-order valence-corrected chi connectivity index (χ2v) is 8.45. The van der Waals surface area contributed by atoms with Crippen molar-refractivity contribution in [2.24, 2.45) is 5.92 Å². The van der Waals surface area contributed by atoms with Gasteiger partial charge in [0.2, 0.25) is 5.91 Å². The molecule has 0 N–H and O–H groups in total. The van der Waals surface area contributed by atoms with Crippen LogP contribution in [0, 0.1) is 5.92 Å². The minimum absolute atomic E-state index is 0.0781. The first-order valence-corrected chi connectivity index (χ1v) is 10.7. The minimum Gasteiger partial charge on any atom is -0.345 e. The Bertz CT molecular complexity index is 739. The molecule has 1 amide bonds. The SMILES string of the molecule is C[C@H](C(=O)N(C)CC1CCN(CCc2ccc(Cl)cc2)CC1)c1ccccc1. The number of halogens is 1. The highest BCUT2D eigenvalue weighted by atomic mass is 35.5. The average Bonchev–Trinajstić information content (AvgIpc) is 2.74. The van der Waals surface area contributed by atoms with Crippen LogP contribution in [0.25, 0.3) is 0 Å². The number of benzene rings is 2. The van der Waals surface area contributed by atoms with Gasteiger partial charge in [-0.1, -0.05) is 54.1 Å². The minimum atomic E-state index is -0.0781. The molecule has 4 heteroatoms. The number of carbonyl (C=O) groups is 1. The molecule has 28 heavy (non-hydrogen) atoms. The number of hydrogen-bond donors (Lipinski definition) is 0. The Balaban J connectivity index is 1.41. The van der Waals surface area contributed by atoms with Crippen molar-refractivity contribution in [3.8, 4) is 0 Å². The molecule has 0 bridgehead atoms. The Kier molecular flexibility index (Phi) is 7.52. The van der Waals surface area contributed by atoms with Crippen molar-refractivity contribution in [3.63, 3.8) is 0 Å². The fourth-order valence-corrected chi connectivity index (χ4v) is 4.15. The Morgan fingerprint density at radius 3 is 2.39 bits per heavy atom. The summed E-state index contributed by atoms with van der Waals surface area (Å²) in [7, 11) is 1.95. The van der Waals surface area contributed by atoms with Gasteiger partial charge < -0.3 is 9.80 Å². The van der Waals surface area contributed by atoms with Gasteiger partial charge in [0.25, 0.3) is 0 Å². The molecule has 1 fully saturated rings. The lowest BCUT2D eigenvalue weighted by molar-refractivity contribution is -0.131. The molecule has 1 heterocycles. The summed E-state index contributed by atoms with van der Waals surface area (Å²) < 4.78 is 0. The van der Waals surface area contributed by atoms with Gasteiger partial charge in [0.1, 0.15) is 0 Å². The van der Waals surface area contributed by atoms with E-state index in [9.17, 15) is 4.79 Å². The van der Waals surface area contributed by atoms with Gasteiger partial charge in [-0.25, -0.2) is 0 Å². The van der Waals surface area contributed by atoms with Crippen molar-refractivity contribution in [1.29, 1.82) is 0 Å². The van der Waals surface area contributed by atoms with E-state index in [1.165, 1.54) is 5.56 Å². The first-order valence-electron chi connectivity index (χ1n) is 10.3. The molecule has 0 aliphatic carbocycles. The summed E-state index contributed by atoms with van der Waals surface area (Å²) in [5.41, 5.74) is 2.43. The quantitative estimate of drug-likeness (QED) is 0.665. The van der Waals surface area contributed by atoms with E-state index in [1.54, 1.807) is 0 Å². The van der Waals surface area contributed by atoms with E-state index in [-0.39, 0.29) is 11.8 Å². The summed E-state index contributed by atoms with van der Waals surface area (Å²) in [6.07, 6.45) is 3.39. The smallest absolute Gasteiger partial charge is 0.229 e. The summed E-state index contributed by atoms with van der Waals surface area (Å²) in [6, 6.07) is 18.2. The topological polar surface area (TPSA) is 23.6 Å². The van der Waals surface area contributed by atoms with Crippen LogP contribution in [0.3, 0.4) is 0 Å². The molecule has 1 saturated heterocycles. The van der Waals surface area contributed by atoms with Crippen molar-refractivity contribution >= 4 is 17.5 Å². The highest BCUT2D eigenvalue weighted by molar-refractivity contribution is 6.30. The molecular weight excluding hydrogens is 368 g/mol. The number of amides is 1. The van der Waals surface area contributed by atoms with Crippen LogP contribution in [0.15, 0.2) is 54.6 Å². The number of likely N-dealkylation sites (N-methyl/N-ethyl adjacent to an activating group) is 1. The van der Waals surface area contributed by atoms with E-state index >= 15 is 0 Å². The fourth-order valence-electron chi connectivity index (χ4n) is 4.02.